The van der Waals surface area contributed by atoms with Crippen molar-refractivity contribution in [3.63, 3.8) is 0 Å². The third kappa shape index (κ3) is 19.1. The molecule has 0 saturated carbocycles. The van der Waals surface area contributed by atoms with E-state index in [4.69, 9.17) is 0 Å². The molecule has 0 bridgehead atoms. The van der Waals surface area contributed by atoms with E-state index in [1.807, 2.05) is 0 Å². The first-order valence-corrected chi connectivity index (χ1v) is 18.3. The van der Waals surface area contributed by atoms with Gasteiger partial charge in [0.1, 0.15) is 0 Å². The van der Waals surface area contributed by atoms with Gasteiger partial charge in [-0.1, -0.05) is 154 Å². The molecule has 2 rings (SSSR count). The Kier molecular flexibility index (Phi) is 24.4. The molecule has 0 amide bonds. The van der Waals surface area contributed by atoms with E-state index in [0.29, 0.717) is 0 Å². The van der Waals surface area contributed by atoms with Crippen LogP contribution in [0.1, 0.15) is 153 Å². The first kappa shape index (κ1) is 35.9. The second-order valence-electron chi connectivity index (χ2n) is 11.2. The number of hydrogen-bond donors (Lipinski definition) is 0. The Morgan fingerprint density at radius 2 is 0.632 bits per heavy atom. The standard InChI is InChI=1S/C36H58I.HI/c1-3-5-7-9-11-13-15-17-19-21-23-33-25-29-35(30-26-33)37-36-31-27-34(28-32-36)24-22-20-18-16-14-12-10-8-6-4-2;/h25-32H,3-24H2,1-2H3;1H/q+1;/p-1. The lowest BCUT2D eigenvalue weighted by Gasteiger charge is -2.03. The molecule has 2 heteroatoms. The molecule has 2 aromatic rings. The van der Waals surface area contributed by atoms with E-state index in [0.717, 1.165) is 0 Å². The fraction of sp³-hybridized carbons (Fsp3) is 0.667. The van der Waals surface area contributed by atoms with Crippen molar-refractivity contribution in [2.45, 2.75) is 155 Å². The third-order valence-electron chi connectivity index (χ3n) is 7.68. The SMILES string of the molecule is CCCCCCCCCCCCc1ccc([I+]c2ccc(CCCCCCCCCCCC)cc2)cc1.[I-]. The van der Waals surface area contributed by atoms with Gasteiger partial charge in [0.25, 0.3) is 0 Å². The molecule has 0 nitrogen and oxygen atoms in total. The second-order valence-corrected chi connectivity index (χ2v) is 14.2. The first-order chi connectivity index (χ1) is 18.3. The van der Waals surface area contributed by atoms with Crippen molar-refractivity contribution in [3.05, 3.63) is 66.8 Å². The van der Waals surface area contributed by atoms with Crippen LogP contribution in [-0.4, -0.2) is 0 Å². The number of hydrogen-bond acceptors (Lipinski definition) is 0. The van der Waals surface area contributed by atoms with E-state index < -0.39 is 0 Å². The van der Waals surface area contributed by atoms with Crippen molar-refractivity contribution in [1.82, 2.24) is 0 Å². The lowest BCUT2D eigenvalue weighted by molar-refractivity contribution is -0.597. The van der Waals surface area contributed by atoms with Gasteiger partial charge in [0.05, 0.1) is 0 Å². The third-order valence-corrected chi connectivity index (χ3v) is 10.4. The smallest absolute Gasteiger partial charge is 0.357 e. The van der Waals surface area contributed by atoms with Crippen LogP contribution in [0.3, 0.4) is 0 Å². The van der Waals surface area contributed by atoms with E-state index in [1.54, 1.807) is 7.14 Å². The molecule has 0 saturated heterocycles. The van der Waals surface area contributed by atoms with Gasteiger partial charge < -0.3 is 24.0 Å². The van der Waals surface area contributed by atoms with Crippen LogP contribution in [0.2, 0.25) is 0 Å². The summed E-state index contributed by atoms with van der Waals surface area (Å²) in [6, 6.07) is 19.2. The van der Waals surface area contributed by atoms with Crippen LogP contribution >= 0.6 is 0 Å². The van der Waals surface area contributed by atoms with Gasteiger partial charge in [0.2, 0.25) is 0 Å². The van der Waals surface area contributed by atoms with Crippen molar-refractivity contribution < 1.29 is 45.2 Å². The quantitative estimate of drug-likeness (QED) is 0.0951. The summed E-state index contributed by atoms with van der Waals surface area (Å²) in [5, 5.41) is 0. The highest BCUT2D eigenvalue weighted by molar-refractivity contribution is 5.16. The predicted octanol–water partition coefficient (Wildman–Crippen LogP) is 5.75. The average Bonchev–Trinajstić information content (AvgIpc) is 2.92. The zero-order chi connectivity index (χ0) is 26.2. The maximum atomic E-state index is 2.40. The largest absolute Gasteiger partial charge is 1.00 e. The number of benzene rings is 2. The molecular weight excluding hydrogens is 686 g/mol. The van der Waals surface area contributed by atoms with Gasteiger partial charge in [-0.25, -0.2) is 0 Å². The van der Waals surface area contributed by atoms with E-state index in [2.05, 4.69) is 62.4 Å². The zero-order valence-electron chi connectivity index (χ0n) is 24.9. The number of aryl methyl sites for hydroxylation is 2. The van der Waals surface area contributed by atoms with Gasteiger partial charge in [-0.05, 0) is 61.1 Å². The van der Waals surface area contributed by atoms with Crippen LogP contribution in [0.25, 0.3) is 0 Å². The maximum absolute atomic E-state index is 2.40. The summed E-state index contributed by atoms with van der Waals surface area (Å²) in [7, 11) is 0. The molecule has 0 unspecified atom stereocenters. The van der Waals surface area contributed by atoms with Crippen molar-refractivity contribution in [3.8, 4) is 0 Å². The molecule has 0 aliphatic rings. The molecule has 0 fully saturated rings. The van der Waals surface area contributed by atoms with E-state index in [9.17, 15) is 0 Å². The summed E-state index contributed by atoms with van der Waals surface area (Å²) in [5.41, 5.74) is 3.05. The van der Waals surface area contributed by atoms with Gasteiger partial charge in [-0.3, -0.25) is 0 Å². The Labute approximate surface area is 265 Å². The number of halogens is 2. The molecule has 216 valence electrons. The number of unbranched alkanes of at least 4 members (excludes halogenated alkanes) is 18. The highest BCUT2D eigenvalue weighted by Crippen LogP contribution is 2.13. The molecule has 0 aliphatic carbocycles. The number of rotatable bonds is 24. The molecule has 38 heavy (non-hydrogen) atoms. The minimum atomic E-state index is -0.0574. The molecule has 0 aromatic heterocycles. The van der Waals surface area contributed by atoms with Gasteiger partial charge >= 0.3 is 21.2 Å². The summed E-state index contributed by atoms with van der Waals surface area (Å²) in [6.07, 6.45) is 30.9. The lowest BCUT2D eigenvalue weighted by atomic mass is 10.0. The Hall–Kier alpha value is -0.100. The van der Waals surface area contributed by atoms with Crippen molar-refractivity contribution >= 4 is 0 Å². The summed E-state index contributed by atoms with van der Waals surface area (Å²) >= 11 is -0.0574. The predicted molar refractivity (Wildman–Crippen MR) is 161 cm³/mol. The minimum absolute atomic E-state index is 0. The van der Waals surface area contributed by atoms with Crippen molar-refractivity contribution in [2.75, 3.05) is 0 Å². The fourth-order valence-corrected chi connectivity index (χ4v) is 7.34. The Morgan fingerprint density at radius 3 is 0.921 bits per heavy atom. The van der Waals surface area contributed by atoms with Gasteiger partial charge in [0, 0.05) is 0 Å². The van der Waals surface area contributed by atoms with Gasteiger partial charge in [-0.2, -0.15) is 0 Å². The molecule has 0 heterocycles. The van der Waals surface area contributed by atoms with Crippen molar-refractivity contribution in [1.29, 1.82) is 0 Å². The van der Waals surface area contributed by atoms with Crippen molar-refractivity contribution in [2.24, 2.45) is 0 Å². The molecule has 0 N–H and O–H groups in total. The van der Waals surface area contributed by atoms with Crippen LogP contribution in [0.4, 0.5) is 0 Å². The van der Waals surface area contributed by atoms with Gasteiger partial charge in [-0.15, -0.1) is 0 Å². The molecule has 2 aromatic carbocycles. The van der Waals surface area contributed by atoms with E-state index >= 15 is 0 Å². The lowest BCUT2D eigenvalue weighted by Crippen LogP contribution is -3.61. The fourth-order valence-electron chi connectivity index (χ4n) is 5.19. The summed E-state index contributed by atoms with van der Waals surface area (Å²) < 4.78 is 3.10. The summed E-state index contributed by atoms with van der Waals surface area (Å²) in [5.74, 6) is 0. The molecule has 0 radical (unpaired) electrons. The van der Waals surface area contributed by atoms with Crippen LogP contribution < -0.4 is 45.2 Å². The van der Waals surface area contributed by atoms with Gasteiger partial charge in [0.15, 0.2) is 7.14 Å². The Morgan fingerprint density at radius 1 is 0.368 bits per heavy atom. The van der Waals surface area contributed by atoms with Crippen LogP contribution in [0.5, 0.6) is 0 Å². The van der Waals surface area contributed by atoms with Crippen LogP contribution in [-0.2, 0) is 12.8 Å². The topological polar surface area (TPSA) is 0 Å². The van der Waals surface area contributed by atoms with Crippen LogP contribution in [0.15, 0.2) is 48.5 Å². The second kappa shape index (κ2) is 25.8. The minimum Gasteiger partial charge on any atom is -1.00 e. The highest BCUT2D eigenvalue weighted by Gasteiger charge is 2.15. The Bertz CT molecular complexity index is 684. The molecule has 0 aliphatic heterocycles. The highest BCUT2D eigenvalue weighted by atomic mass is 127. The maximum Gasteiger partial charge on any atom is 0.357 e. The summed E-state index contributed by atoms with van der Waals surface area (Å²) in [6.45, 7) is 4.60. The average molecular weight is 745 g/mol. The monoisotopic (exact) mass is 744 g/mol. The molecular formula is C36H58I2. The Balaban J connectivity index is 0.00000722. The van der Waals surface area contributed by atoms with Crippen LogP contribution in [0, 0.1) is 7.14 Å². The molecule has 0 spiro atoms. The van der Waals surface area contributed by atoms with E-state index in [1.165, 1.54) is 152 Å². The molecule has 0 atom stereocenters. The first-order valence-electron chi connectivity index (χ1n) is 16.1. The normalized spacial score (nSPS) is 11.0. The zero-order valence-corrected chi connectivity index (χ0v) is 29.2. The van der Waals surface area contributed by atoms with E-state index in [-0.39, 0.29) is 45.2 Å². The summed E-state index contributed by atoms with van der Waals surface area (Å²) in [4.78, 5) is 0.